The summed E-state index contributed by atoms with van der Waals surface area (Å²) in [6.45, 7) is 4.30. The summed E-state index contributed by atoms with van der Waals surface area (Å²) >= 11 is 0. The van der Waals surface area contributed by atoms with Gasteiger partial charge < -0.3 is 4.90 Å². The fraction of sp³-hybridized carbons (Fsp3) is 0.588. The predicted octanol–water partition coefficient (Wildman–Crippen LogP) is 0.756. The second-order valence-electron chi connectivity index (χ2n) is 6.50. The highest BCUT2D eigenvalue weighted by molar-refractivity contribution is 7.88. The molecule has 0 saturated carbocycles. The molecule has 2 aliphatic rings. The minimum atomic E-state index is -3.29. The van der Waals surface area contributed by atoms with Gasteiger partial charge in [0, 0.05) is 39.3 Å². The maximum absolute atomic E-state index is 12.5. The normalized spacial score (nSPS) is 20.4. The summed E-state index contributed by atoms with van der Waals surface area (Å²) in [5.41, 5.74) is 0.809. The van der Waals surface area contributed by atoms with Gasteiger partial charge in [0.25, 0.3) is 0 Å². The average molecular weight is 351 g/mol. The van der Waals surface area contributed by atoms with Crippen molar-refractivity contribution >= 4 is 15.9 Å². The number of carbonyl (C=O) groups is 1. The van der Waals surface area contributed by atoms with Crippen molar-refractivity contribution in [3.8, 4) is 0 Å². The van der Waals surface area contributed by atoms with Crippen molar-refractivity contribution < 1.29 is 13.2 Å². The van der Waals surface area contributed by atoms with E-state index in [0.717, 1.165) is 31.5 Å². The van der Waals surface area contributed by atoms with Gasteiger partial charge in [0.2, 0.25) is 15.9 Å². The number of benzene rings is 1. The van der Waals surface area contributed by atoms with Crippen LogP contribution in [-0.2, 0) is 20.6 Å². The summed E-state index contributed by atoms with van der Waals surface area (Å²) < 4.78 is 26.6. The standard InChI is InChI=1S/C17H25N3O3S/c21-17(19-8-4-5-9-19)14-18-10-12-20(13-11-18)24(22,23)15-16-6-2-1-3-7-16/h1-3,6-7H,4-5,8-15H2. The van der Waals surface area contributed by atoms with Gasteiger partial charge in [-0.3, -0.25) is 9.69 Å². The molecular weight excluding hydrogens is 326 g/mol. The van der Waals surface area contributed by atoms with Crippen LogP contribution in [0.2, 0.25) is 0 Å². The molecule has 0 bridgehead atoms. The van der Waals surface area contributed by atoms with E-state index in [0.29, 0.717) is 32.7 Å². The fourth-order valence-corrected chi connectivity index (χ4v) is 4.82. The van der Waals surface area contributed by atoms with Gasteiger partial charge in [0.1, 0.15) is 0 Å². The second kappa shape index (κ2) is 7.63. The van der Waals surface area contributed by atoms with Crippen molar-refractivity contribution in [2.75, 3.05) is 45.8 Å². The number of carbonyl (C=O) groups excluding carboxylic acids is 1. The molecule has 0 radical (unpaired) electrons. The summed E-state index contributed by atoms with van der Waals surface area (Å²) in [5.74, 6) is 0.216. The fourth-order valence-electron chi connectivity index (χ4n) is 3.30. The van der Waals surface area contributed by atoms with Gasteiger partial charge >= 0.3 is 0 Å². The third kappa shape index (κ3) is 4.34. The van der Waals surface area contributed by atoms with Crippen LogP contribution in [0.15, 0.2) is 30.3 Å². The highest BCUT2D eigenvalue weighted by Crippen LogP contribution is 2.14. The van der Waals surface area contributed by atoms with Crippen LogP contribution in [0.25, 0.3) is 0 Å². The number of hydrogen-bond acceptors (Lipinski definition) is 4. The Bertz CT molecular complexity index is 649. The van der Waals surface area contributed by atoms with E-state index < -0.39 is 10.0 Å². The van der Waals surface area contributed by atoms with E-state index in [2.05, 4.69) is 4.90 Å². The zero-order chi connectivity index (χ0) is 17.0. The number of amides is 1. The lowest BCUT2D eigenvalue weighted by molar-refractivity contribution is -0.131. The summed E-state index contributed by atoms with van der Waals surface area (Å²) in [5, 5.41) is 0. The van der Waals surface area contributed by atoms with E-state index in [1.54, 1.807) is 4.31 Å². The van der Waals surface area contributed by atoms with E-state index in [9.17, 15) is 13.2 Å². The van der Waals surface area contributed by atoms with Crippen molar-refractivity contribution in [3.05, 3.63) is 35.9 Å². The maximum Gasteiger partial charge on any atom is 0.236 e. The van der Waals surface area contributed by atoms with Crippen LogP contribution in [0.4, 0.5) is 0 Å². The molecule has 7 heteroatoms. The van der Waals surface area contributed by atoms with E-state index >= 15 is 0 Å². The van der Waals surface area contributed by atoms with Crippen molar-refractivity contribution in [1.29, 1.82) is 0 Å². The lowest BCUT2D eigenvalue weighted by atomic mass is 10.2. The largest absolute Gasteiger partial charge is 0.342 e. The first kappa shape index (κ1) is 17.4. The molecule has 1 amide bonds. The maximum atomic E-state index is 12.5. The monoisotopic (exact) mass is 351 g/mol. The molecule has 6 nitrogen and oxygen atoms in total. The lowest BCUT2D eigenvalue weighted by Crippen LogP contribution is -2.51. The number of piperazine rings is 1. The molecule has 0 aromatic heterocycles. The number of rotatable bonds is 5. The Morgan fingerprint density at radius 1 is 0.917 bits per heavy atom. The highest BCUT2D eigenvalue weighted by Gasteiger charge is 2.28. The van der Waals surface area contributed by atoms with Gasteiger partial charge in [0.15, 0.2) is 0 Å². The van der Waals surface area contributed by atoms with E-state index in [4.69, 9.17) is 0 Å². The third-order valence-corrected chi connectivity index (χ3v) is 6.58. The van der Waals surface area contributed by atoms with Crippen LogP contribution < -0.4 is 0 Å². The summed E-state index contributed by atoms with van der Waals surface area (Å²) in [4.78, 5) is 16.2. The molecule has 132 valence electrons. The zero-order valence-electron chi connectivity index (χ0n) is 13.9. The molecule has 0 aliphatic carbocycles. The van der Waals surface area contributed by atoms with E-state index in [-0.39, 0.29) is 11.7 Å². The Hall–Kier alpha value is -1.44. The second-order valence-corrected chi connectivity index (χ2v) is 8.47. The van der Waals surface area contributed by atoms with Crippen LogP contribution in [-0.4, -0.2) is 74.2 Å². The molecule has 0 N–H and O–H groups in total. The molecular formula is C17H25N3O3S. The van der Waals surface area contributed by atoms with Crippen LogP contribution >= 0.6 is 0 Å². The number of likely N-dealkylation sites (tertiary alicyclic amines) is 1. The van der Waals surface area contributed by atoms with Crippen LogP contribution in [0.1, 0.15) is 18.4 Å². The molecule has 3 rings (SSSR count). The summed E-state index contributed by atoms with van der Waals surface area (Å²) in [6, 6.07) is 9.26. The molecule has 0 atom stereocenters. The predicted molar refractivity (Wildman–Crippen MR) is 92.9 cm³/mol. The van der Waals surface area contributed by atoms with Crippen molar-refractivity contribution in [2.45, 2.75) is 18.6 Å². The number of hydrogen-bond donors (Lipinski definition) is 0. The number of sulfonamides is 1. The first-order valence-electron chi connectivity index (χ1n) is 8.56. The van der Waals surface area contributed by atoms with Gasteiger partial charge in [-0.05, 0) is 18.4 Å². The van der Waals surface area contributed by atoms with Gasteiger partial charge in [-0.25, -0.2) is 8.42 Å². The van der Waals surface area contributed by atoms with Gasteiger partial charge in [0.05, 0.1) is 12.3 Å². The molecule has 0 spiro atoms. The SMILES string of the molecule is O=C(CN1CCN(S(=O)(=O)Cc2ccccc2)CC1)N1CCCC1. The molecule has 1 aromatic carbocycles. The quantitative estimate of drug-likeness (QED) is 0.786. The molecule has 2 aliphatic heterocycles. The van der Waals surface area contributed by atoms with Gasteiger partial charge in [-0.1, -0.05) is 30.3 Å². The van der Waals surface area contributed by atoms with Crippen molar-refractivity contribution in [1.82, 2.24) is 14.1 Å². The molecule has 2 heterocycles. The first-order chi connectivity index (χ1) is 11.5. The Labute approximate surface area is 144 Å². The van der Waals surface area contributed by atoms with Gasteiger partial charge in [-0.15, -0.1) is 0 Å². The van der Waals surface area contributed by atoms with Crippen molar-refractivity contribution in [3.63, 3.8) is 0 Å². The number of nitrogens with zero attached hydrogens (tertiary/aromatic N) is 3. The summed E-state index contributed by atoms with van der Waals surface area (Å²) in [6.07, 6.45) is 2.19. The molecule has 0 unspecified atom stereocenters. The Morgan fingerprint density at radius 2 is 1.54 bits per heavy atom. The van der Waals surface area contributed by atoms with Crippen LogP contribution in [0.3, 0.4) is 0 Å². The van der Waals surface area contributed by atoms with Crippen LogP contribution in [0, 0.1) is 0 Å². The zero-order valence-corrected chi connectivity index (χ0v) is 14.7. The Morgan fingerprint density at radius 3 is 2.17 bits per heavy atom. The van der Waals surface area contributed by atoms with Gasteiger partial charge in [-0.2, -0.15) is 4.31 Å². The highest BCUT2D eigenvalue weighted by atomic mass is 32.2. The van der Waals surface area contributed by atoms with E-state index in [1.807, 2.05) is 35.2 Å². The Balaban J connectivity index is 1.50. The Kier molecular flexibility index (Phi) is 5.53. The van der Waals surface area contributed by atoms with Crippen molar-refractivity contribution in [2.24, 2.45) is 0 Å². The molecule has 2 saturated heterocycles. The molecule has 1 aromatic rings. The summed E-state index contributed by atoms with van der Waals surface area (Å²) in [7, 11) is -3.29. The molecule has 2 fully saturated rings. The minimum Gasteiger partial charge on any atom is -0.342 e. The smallest absolute Gasteiger partial charge is 0.236 e. The average Bonchev–Trinajstić information content (AvgIpc) is 3.10. The topological polar surface area (TPSA) is 60.9 Å². The third-order valence-electron chi connectivity index (χ3n) is 4.73. The van der Waals surface area contributed by atoms with E-state index in [1.165, 1.54) is 0 Å². The lowest BCUT2D eigenvalue weighted by Gasteiger charge is -2.34. The van der Waals surface area contributed by atoms with Crippen LogP contribution in [0.5, 0.6) is 0 Å². The first-order valence-corrected chi connectivity index (χ1v) is 10.2. The molecule has 24 heavy (non-hydrogen) atoms. The minimum absolute atomic E-state index is 0.0422.